The number of carbonyl (C=O) groups excluding carboxylic acids is 1. The molecule has 0 spiro atoms. The lowest BCUT2D eigenvalue weighted by atomic mass is 9.95. The average molecular weight is 442 g/mol. The normalized spacial score (nSPS) is 14.6. The number of carbonyl (C=O) groups is 1. The Morgan fingerprint density at radius 3 is 2.56 bits per heavy atom. The second-order valence-corrected chi connectivity index (χ2v) is 9.41. The lowest BCUT2D eigenvalue weighted by molar-refractivity contribution is -0.125. The van der Waals surface area contributed by atoms with Gasteiger partial charge in [-0.1, -0.05) is 60.2 Å². The fraction of sp³-hybridized carbons (Fsp3) is 0.259. The first-order valence-corrected chi connectivity index (χ1v) is 12.1. The molecule has 4 aromatic rings. The largest absolute Gasteiger partial charge is 0.370 e. The summed E-state index contributed by atoms with van der Waals surface area (Å²) < 4.78 is 1.23. The van der Waals surface area contributed by atoms with Crippen LogP contribution in [0.5, 0.6) is 0 Å². The second-order valence-electron chi connectivity index (χ2n) is 8.49. The molecule has 1 aliphatic rings. The highest BCUT2D eigenvalue weighted by Gasteiger charge is 2.26. The van der Waals surface area contributed by atoms with E-state index < -0.39 is 0 Å². The van der Waals surface area contributed by atoms with E-state index in [1.54, 1.807) is 11.3 Å². The van der Waals surface area contributed by atoms with Crippen molar-refractivity contribution >= 4 is 33.1 Å². The minimum absolute atomic E-state index is 0.0750. The number of fused-ring (bicyclic) bond motifs is 1. The highest BCUT2D eigenvalue weighted by atomic mass is 32.1. The van der Waals surface area contributed by atoms with Gasteiger partial charge >= 0.3 is 0 Å². The van der Waals surface area contributed by atoms with Crippen molar-refractivity contribution in [2.75, 3.05) is 18.0 Å². The van der Waals surface area contributed by atoms with Crippen LogP contribution < -0.4 is 10.2 Å². The zero-order chi connectivity index (χ0) is 21.9. The van der Waals surface area contributed by atoms with Crippen molar-refractivity contribution in [3.8, 4) is 11.3 Å². The molecule has 5 heteroatoms. The van der Waals surface area contributed by atoms with Crippen LogP contribution in [0.1, 0.15) is 24.0 Å². The molecule has 1 fully saturated rings. The van der Waals surface area contributed by atoms with Gasteiger partial charge in [0.15, 0.2) is 0 Å². The topological polar surface area (TPSA) is 45.2 Å². The summed E-state index contributed by atoms with van der Waals surface area (Å²) >= 11 is 1.74. The quantitative estimate of drug-likeness (QED) is 0.425. The SMILES string of the molecule is Cc1ccc(CNC(=O)C2CCN(c3cc(-c4ccccc4)nc4ccsc34)CC2)cc1. The number of hydrogen-bond acceptors (Lipinski definition) is 4. The summed E-state index contributed by atoms with van der Waals surface area (Å²) in [6.07, 6.45) is 1.74. The number of amides is 1. The monoisotopic (exact) mass is 441 g/mol. The first kappa shape index (κ1) is 20.7. The first-order valence-electron chi connectivity index (χ1n) is 11.2. The fourth-order valence-electron chi connectivity index (χ4n) is 4.35. The Hall–Kier alpha value is -3.18. The van der Waals surface area contributed by atoms with Crippen molar-refractivity contribution in [1.82, 2.24) is 10.3 Å². The van der Waals surface area contributed by atoms with E-state index in [4.69, 9.17) is 4.98 Å². The number of aromatic nitrogens is 1. The van der Waals surface area contributed by atoms with Crippen LogP contribution in [0.25, 0.3) is 21.5 Å². The highest BCUT2D eigenvalue weighted by molar-refractivity contribution is 7.17. The van der Waals surface area contributed by atoms with Crippen LogP contribution in [0, 0.1) is 12.8 Å². The highest BCUT2D eigenvalue weighted by Crippen LogP contribution is 2.36. The number of benzene rings is 2. The molecular formula is C27H27N3OS. The zero-order valence-electron chi connectivity index (χ0n) is 18.3. The molecule has 3 heterocycles. The van der Waals surface area contributed by atoms with Crippen LogP contribution in [-0.2, 0) is 11.3 Å². The summed E-state index contributed by atoms with van der Waals surface area (Å²) in [5.41, 5.74) is 6.80. The Kier molecular flexibility index (Phi) is 5.91. The molecule has 0 aliphatic carbocycles. The Morgan fingerprint density at radius 2 is 1.81 bits per heavy atom. The molecule has 1 aliphatic heterocycles. The predicted octanol–water partition coefficient (Wildman–Crippen LogP) is 5.80. The van der Waals surface area contributed by atoms with Crippen molar-refractivity contribution in [2.45, 2.75) is 26.3 Å². The van der Waals surface area contributed by atoms with Crippen molar-refractivity contribution in [2.24, 2.45) is 5.92 Å². The van der Waals surface area contributed by atoms with Crippen LogP contribution >= 0.6 is 11.3 Å². The maximum atomic E-state index is 12.8. The van der Waals surface area contributed by atoms with Gasteiger partial charge in [0.25, 0.3) is 0 Å². The van der Waals surface area contributed by atoms with Gasteiger partial charge in [-0.05, 0) is 42.8 Å². The van der Waals surface area contributed by atoms with E-state index in [2.05, 4.69) is 83.2 Å². The standard InChI is InChI=1S/C27H27N3OS/c1-19-7-9-20(10-8-19)18-28-27(31)22-11-14-30(15-12-22)25-17-24(21-5-3-2-4-6-21)29-23-13-16-32-26(23)25/h2-10,13,16-17,22H,11-12,14-15,18H2,1H3,(H,28,31). The van der Waals surface area contributed by atoms with Crippen LogP contribution in [0.3, 0.4) is 0 Å². The molecule has 0 atom stereocenters. The van der Waals surface area contributed by atoms with Gasteiger partial charge in [-0.2, -0.15) is 0 Å². The summed E-state index contributed by atoms with van der Waals surface area (Å²) in [5, 5.41) is 5.25. The average Bonchev–Trinajstić information content (AvgIpc) is 3.32. The third kappa shape index (κ3) is 4.39. The predicted molar refractivity (Wildman–Crippen MR) is 133 cm³/mol. The number of rotatable bonds is 5. The van der Waals surface area contributed by atoms with E-state index in [1.165, 1.54) is 16.0 Å². The lowest BCUT2D eigenvalue weighted by Gasteiger charge is -2.33. The third-order valence-electron chi connectivity index (χ3n) is 6.25. The number of anilines is 1. The Labute approximate surface area is 192 Å². The minimum Gasteiger partial charge on any atom is -0.370 e. The van der Waals surface area contributed by atoms with Crippen LogP contribution in [0.2, 0.25) is 0 Å². The fourth-order valence-corrected chi connectivity index (χ4v) is 5.23. The Bertz CT molecular complexity index is 1210. The molecule has 1 N–H and O–H groups in total. The van der Waals surface area contributed by atoms with E-state index in [-0.39, 0.29) is 11.8 Å². The molecule has 1 amide bonds. The molecule has 1 saturated heterocycles. The van der Waals surface area contributed by atoms with E-state index in [9.17, 15) is 4.79 Å². The molecular weight excluding hydrogens is 414 g/mol. The van der Waals surface area contributed by atoms with E-state index in [1.807, 2.05) is 6.07 Å². The number of piperidine rings is 1. The van der Waals surface area contributed by atoms with Crippen LogP contribution in [-0.4, -0.2) is 24.0 Å². The molecule has 162 valence electrons. The molecule has 2 aromatic carbocycles. The minimum atomic E-state index is 0.0750. The van der Waals surface area contributed by atoms with Gasteiger partial charge in [0.1, 0.15) is 0 Å². The second kappa shape index (κ2) is 9.13. The van der Waals surface area contributed by atoms with E-state index in [0.29, 0.717) is 6.54 Å². The maximum Gasteiger partial charge on any atom is 0.223 e. The van der Waals surface area contributed by atoms with Crippen molar-refractivity contribution < 1.29 is 4.79 Å². The Morgan fingerprint density at radius 1 is 1.06 bits per heavy atom. The van der Waals surface area contributed by atoms with E-state index in [0.717, 1.165) is 48.3 Å². The number of pyridine rings is 1. The van der Waals surface area contributed by atoms with Gasteiger partial charge in [-0.15, -0.1) is 11.3 Å². The molecule has 0 radical (unpaired) electrons. The summed E-state index contributed by atoms with van der Waals surface area (Å²) in [4.78, 5) is 20.1. The summed E-state index contributed by atoms with van der Waals surface area (Å²) in [6.45, 7) is 4.44. The van der Waals surface area contributed by atoms with Crippen molar-refractivity contribution in [1.29, 1.82) is 0 Å². The molecule has 32 heavy (non-hydrogen) atoms. The first-order chi connectivity index (χ1) is 15.7. The van der Waals surface area contributed by atoms with E-state index >= 15 is 0 Å². The number of hydrogen-bond donors (Lipinski definition) is 1. The van der Waals surface area contributed by atoms with Crippen LogP contribution in [0.4, 0.5) is 5.69 Å². The van der Waals surface area contributed by atoms with Crippen LogP contribution in [0.15, 0.2) is 72.1 Å². The van der Waals surface area contributed by atoms with Gasteiger partial charge in [0.05, 0.1) is 21.6 Å². The molecule has 0 bridgehead atoms. The molecule has 4 nitrogen and oxygen atoms in total. The third-order valence-corrected chi connectivity index (χ3v) is 7.18. The summed E-state index contributed by atoms with van der Waals surface area (Å²) in [6, 6.07) is 23.0. The van der Waals surface area contributed by atoms with Gasteiger partial charge in [-0.25, -0.2) is 4.98 Å². The summed E-state index contributed by atoms with van der Waals surface area (Å²) in [7, 11) is 0. The molecule has 5 rings (SSSR count). The molecule has 0 unspecified atom stereocenters. The van der Waals surface area contributed by atoms with Gasteiger partial charge in [0, 0.05) is 31.1 Å². The van der Waals surface area contributed by atoms with Crippen molar-refractivity contribution in [3.63, 3.8) is 0 Å². The van der Waals surface area contributed by atoms with Crippen molar-refractivity contribution in [3.05, 3.63) is 83.2 Å². The zero-order valence-corrected chi connectivity index (χ0v) is 19.1. The summed E-state index contributed by atoms with van der Waals surface area (Å²) in [5.74, 6) is 0.247. The van der Waals surface area contributed by atoms with Gasteiger partial charge in [0.2, 0.25) is 5.91 Å². The Balaban J connectivity index is 1.27. The number of nitrogens with zero attached hydrogens (tertiary/aromatic N) is 2. The smallest absolute Gasteiger partial charge is 0.223 e. The number of thiophene rings is 1. The maximum absolute atomic E-state index is 12.8. The van der Waals surface area contributed by atoms with Gasteiger partial charge < -0.3 is 10.2 Å². The molecule has 0 saturated carbocycles. The molecule has 2 aromatic heterocycles. The van der Waals surface area contributed by atoms with Gasteiger partial charge in [-0.3, -0.25) is 4.79 Å². The number of aryl methyl sites for hydroxylation is 1. The number of nitrogens with one attached hydrogen (secondary N) is 1. The lowest BCUT2D eigenvalue weighted by Crippen LogP contribution is -2.40.